The van der Waals surface area contributed by atoms with Crippen molar-refractivity contribution in [1.29, 1.82) is 0 Å². The maximum Gasteiger partial charge on any atom is 0.0956 e. The number of aliphatic hydroxyl groups is 1. The minimum Gasteiger partial charge on any atom is -0.394 e. The lowest BCUT2D eigenvalue weighted by Crippen LogP contribution is -2.39. The van der Waals surface area contributed by atoms with Crippen LogP contribution in [0.4, 0.5) is 0 Å². The van der Waals surface area contributed by atoms with Crippen LogP contribution < -0.4 is 5.73 Å². The van der Waals surface area contributed by atoms with E-state index in [1.54, 1.807) is 0 Å². The third-order valence-corrected chi connectivity index (χ3v) is 3.40. The molecule has 0 saturated heterocycles. The summed E-state index contributed by atoms with van der Waals surface area (Å²) in [5.41, 5.74) is 5.86. The zero-order valence-electron chi connectivity index (χ0n) is 9.82. The van der Waals surface area contributed by atoms with E-state index in [0.29, 0.717) is 5.92 Å². The molecule has 0 aromatic carbocycles. The fourth-order valence-corrected chi connectivity index (χ4v) is 2.19. The average Bonchev–Trinajstić information content (AvgIpc) is 2.31. The highest BCUT2D eigenvalue weighted by atomic mass is 16.5. The summed E-state index contributed by atoms with van der Waals surface area (Å²) in [6, 6.07) is -0.0291. The number of aliphatic hydroxyl groups excluding tert-OH is 1. The highest BCUT2D eigenvalue weighted by molar-refractivity contribution is 4.72. The second-order valence-electron chi connectivity index (χ2n) is 4.63. The Labute approximate surface area is 93.0 Å². The maximum absolute atomic E-state index is 9.15. The molecule has 3 heteroatoms. The SMILES string of the molecule is CCC(N)C(CO)OCC1CCCCC1. The first kappa shape index (κ1) is 12.9. The Balaban J connectivity index is 2.20. The largest absolute Gasteiger partial charge is 0.394 e. The summed E-state index contributed by atoms with van der Waals surface area (Å²) in [5, 5.41) is 9.15. The van der Waals surface area contributed by atoms with Gasteiger partial charge in [0.1, 0.15) is 0 Å². The molecular formula is C12H25NO2. The van der Waals surface area contributed by atoms with Gasteiger partial charge in [-0.05, 0) is 25.2 Å². The third kappa shape index (κ3) is 4.49. The van der Waals surface area contributed by atoms with Gasteiger partial charge in [0.05, 0.1) is 12.7 Å². The second-order valence-corrected chi connectivity index (χ2v) is 4.63. The zero-order valence-corrected chi connectivity index (χ0v) is 9.82. The van der Waals surface area contributed by atoms with Crippen LogP contribution in [0.5, 0.6) is 0 Å². The van der Waals surface area contributed by atoms with Gasteiger partial charge in [0, 0.05) is 12.6 Å². The molecular weight excluding hydrogens is 190 g/mol. The average molecular weight is 215 g/mol. The summed E-state index contributed by atoms with van der Waals surface area (Å²) in [5.74, 6) is 0.692. The third-order valence-electron chi connectivity index (χ3n) is 3.40. The van der Waals surface area contributed by atoms with E-state index in [2.05, 4.69) is 0 Å². The number of hydrogen-bond acceptors (Lipinski definition) is 3. The Kier molecular flexibility index (Phi) is 6.22. The summed E-state index contributed by atoms with van der Waals surface area (Å²) in [4.78, 5) is 0. The Hall–Kier alpha value is -0.120. The molecule has 1 aliphatic rings. The van der Waals surface area contributed by atoms with Crippen molar-refractivity contribution in [3.63, 3.8) is 0 Å². The Bertz CT molecular complexity index is 158. The molecule has 0 aromatic heterocycles. The van der Waals surface area contributed by atoms with E-state index in [1.165, 1.54) is 32.1 Å². The van der Waals surface area contributed by atoms with Crippen LogP contribution in [-0.2, 0) is 4.74 Å². The van der Waals surface area contributed by atoms with Gasteiger partial charge in [-0.25, -0.2) is 0 Å². The molecule has 0 heterocycles. The number of ether oxygens (including phenoxy) is 1. The molecule has 0 radical (unpaired) electrons. The van der Waals surface area contributed by atoms with Gasteiger partial charge in [-0.3, -0.25) is 0 Å². The maximum atomic E-state index is 9.15. The van der Waals surface area contributed by atoms with Gasteiger partial charge >= 0.3 is 0 Å². The van der Waals surface area contributed by atoms with E-state index >= 15 is 0 Å². The fourth-order valence-electron chi connectivity index (χ4n) is 2.19. The quantitative estimate of drug-likeness (QED) is 0.709. The fraction of sp³-hybridized carbons (Fsp3) is 1.00. The predicted octanol–water partition coefficient (Wildman–Crippen LogP) is 1.68. The minimum absolute atomic E-state index is 0.0291. The van der Waals surface area contributed by atoms with E-state index in [1.807, 2.05) is 6.92 Å². The molecule has 1 aliphatic carbocycles. The van der Waals surface area contributed by atoms with Crippen molar-refractivity contribution in [3.8, 4) is 0 Å². The van der Waals surface area contributed by atoms with Crippen molar-refractivity contribution in [2.75, 3.05) is 13.2 Å². The molecule has 15 heavy (non-hydrogen) atoms. The smallest absolute Gasteiger partial charge is 0.0956 e. The summed E-state index contributed by atoms with van der Waals surface area (Å²) < 4.78 is 5.71. The molecule has 0 spiro atoms. The lowest BCUT2D eigenvalue weighted by atomic mass is 9.90. The van der Waals surface area contributed by atoms with Crippen molar-refractivity contribution in [3.05, 3.63) is 0 Å². The van der Waals surface area contributed by atoms with Gasteiger partial charge in [0.2, 0.25) is 0 Å². The topological polar surface area (TPSA) is 55.5 Å². The summed E-state index contributed by atoms with van der Waals surface area (Å²) in [7, 11) is 0. The molecule has 0 aliphatic heterocycles. The second kappa shape index (κ2) is 7.20. The first-order valence-electron chi connectivity index (χ1n) is 6.26. The first-order valence-corrected chi connectivity index (χ1v) is 6.26. The van der Waals surface area contributed by atoms with Crippen LogP contribution in [0.15, 0.2) is 0 Å². The van der Waals surface area contributed by atoms with Gasteiger partial charge in [-0.1, -0.05) is 26.2 Å². The number of hydrogen-bond donors (Lipinski definition) is 2. The number of rotatable bonds is 6. The van der Waals surface area contributed by atoms with Crippen LogP contribution in [0.2, 0.25) is 0 Å². The van der Waals surface area contributed by atoms with Crippen molar-refractivity contribution in [2.45, 2.75) is 57.6 Å². The van der Waals surface area contributed by atoms with Crippen LogP contribution in [0.1, 0.15) is 45.4 Å². The van der Waals surface area contributed by atoms with E-state index in [0.717, 1.165) is 13.0 Å². The van der Waals surface area contributed by atoms with Gasteiger partial charge in [-0.15, -0.1) is 0 Å². The zero-order chi connectivity index (χ0) is 11.1. The highest BCUT2D eigenvalue weighted by Crippen LogP contribution is 2.24. The van der Waals surface area contributed by atoms with Crippen LogP contribution in [0, 0.1) is 5.92 Å². The van der Waals surface area contributed by atoms with Crippen molar-refractivity contribution < 1.29 is 9.84 Å². The summed E-state index contributed by atoms with van der Waals surface area (Å²) in [6.07, 6.45) is 7.27. The van der Waals surface area contributed by atoms with E-state index in [4.69, 9.17) is 15.6 Å². The molecule has 2 atom stereocenters. The Morgan fingerprint density at radius 2 is 2.00 bits per heavy atom. The molecule has 0 bridgehead atoms. The lowest BCUT2D eigenvalue weighted by Gasteiger charge is -2.26. The van der Waals surface area contributed by atoms with Gasteiger partial charge in [0.25, 0.3) is 0 Å². The highest BCUT2D eigenvalue weighted by Gasteiger charge is 2.19. The van der Waals surface area contributed by atoms with Crippen molar-refractivity contribution in [1.82, 2.24) is 0 Å². The molecule has 1 rings (SSSR count). The van der Waals surface area contributed by atoms with Gasteiger partial charge in [0.15, 0.2) is 0 Å². The standard InChI is InChI=1S/C12H25NO2/c1-2-11(13)12(8-14)15-9-10-6-4-3-5-7-10/h10-12,14H,2-9,13H2,1H3. The van der Waals surface area contributed by atoms with Gasteiger partial charge in [-0.2, -0.15) is 0 Å². The monoisotopic (exact) mass is 215 g/mol. The Morgan fingerprint density at radius 1 is 1.33 bits per heavy atom. The number of nitrogens with two attached hydrogens (primary N) is 1. The van der Waals surface area contributed by atoms with Crippen LogP contribution in [-0.4, -0.2) is 30.5 Å². The van der Waals surface area contributed by atoms with E-state index in [-0.39, 0.29) is 18.8 Å². The molecule has 3 N–H and O–H groups in total. The lowest BCUT2D eigenvalue weighted by molar-refractivity contribution is -0.0239. The Morgan fingerprint density at radius 3 is 2.53 bits per heavy atom. The predicted molar refractivity (Wildman–Crippen MR) is 61.7 cm³/mol. The van der Waals surface area contributed by atoms with E-state index in [9.17, 15) is 0 Å². The van der Waals surface area contributed by atoms with Gasteiger partial charge < -0.3 is 15.6 Å². The summed E-state index contributed by atoms with van der Waals surface area (Å²) in [6.45, 7) is 2.85. The summed E-state index contributed by atoms with van der Waals surface area (Å²) >= 11 is 0. The van der Waals surface area contributed by atoms with Crippen molar-refractivity contribution in [2.24, 2.45) is 11.7 Å². The van der Waals surface area contributed by atoms with Crippen LogP contribution in [0.3, 0.4) is 0 Å². The normalized spacial score (nSPS) is 22.6. The minimum atomic E-state index is -0.170. The molecule has 2 unspecified atom stereocenters. The molecule has 0 aromatic rings. The molecule has 3 nitrogen and oxygen atoms in total. The van der Waals surface area contributed by atoms with Crippen LogP contribution in [0.25, 0.3) is 0 Å². The molecule has 90 valence electrons. The van der Waals surface area contributed by atoms with Crippen molar-refractivity contribution >= 4 is 0 Å². The van der Waals surface area contributed by atoms with E-state index < -0.39 is 0 Å². The molecule has 0 amide bonds. The molecule has 1 saturated carbocycles. The molecule has 1 fully saturated rings. The first-order chi connectivity index (χ1) is 7.27. The van der Waals surface area contributed by atoms with Crippen LogP contribution >= 0.6 is 0 Å².